The Hall–Kier alpha value is -3.27. The van der Waals surface area contributed by atoms with Gasteiger partial charge in [0.05, 0.1) is 17.2 Å². The van der Waals surface area contributed by atoms with Gasteiger partial charge in [-0.15, -0.1) is 0 Å². The summed E-state index contributed by atoms with van der Waals surface area (Å²) in [7, 11) is 0. The second kappa shape index (κ2) is 10.5. The number of likely N-dealkylation sites (tertiary alicyclic amines) is 1. The van der Waals surface area contributed by atoms with Crippen LogP contribution in [0, 0.1) is 5.92 Å². The molecule has 3 amide bonds. The predicted molar refractivity (Wildman–Crippen MR) is 136 cm³/mol. The molecule has 5 rings (SSSR count). The number of amides is 3. The number of hydrogen-bond acceptors (Lipinski definition) is 5. The van der Waals surface area contributed by atoms with E-state index in [4.69, 9.17) is 16.3 Å². The Morgan fingerprint density at radius 1 is 1.21 bits per heavy atom. The zero-order chi connectivity index (χ0) is 27.0. The summed E-state index contributed by atoms with van der Waals surface area (Å²) >= 11 is 5.88. The van der Waals surface area contributed by atoms with Crippen molar-refractivity contribution >= 4 is 35.2 Å². The minimum absolute atomic E-state index is 0.00246. The number of anilines is 1. The lowest BCUT2D eigenvalue weighted by Crippen LogP contribution is -2.65. The third-order valence-electron chi connectivity index (χ3n) is 7.77. The first-order valence-corrected chi connectivity index (χ1v) is 13.2. The van der Waals surface area contributed by atoms with Crippen LogP contribution >= 0.6 is 11.6 Å². The molecule has 0 bridgehead atoms. The molecule has 2 aromatic rings. The fourth-order valence-corrected chi connectivity index (χ4v) is 6.01. The van der Waals surface area contributed by atoms with Gasteiger partial charge in [-0.05, 0) is 56.2 Å². The summed E-state index contributed by atoms with van der Waals surface area (Å²) in [5.41, 5.74) is 0.290. The van der Waals surface area contributed by atoms with Crippen molar-refractivity contribution in [3.8, 4) is 0 Å². The van der Waals surface area contributed by atoms with Crippen LogP contribution in [-0.4, -0.2) is 60.1 Å². The number of halogens is 3. The van der Waals surface area contributed by atoms with Gasteiger partial charge in [0.25, 0.3) is 12.3 Å². The number of alkyl halides is 2. The van der Waals surface area contributed by atoms with Gasteiger partial charge in [-0.2, -0.15) is 0 Å². The highest BCUT2D eigenvalue weighted by Gasteiger charge is 2.59. The summed E-state index contributed by atoms with van der Waals surface area (Å²) < 4.78 is 31.7. The molecule has 38 heavy (non-hydrogen) atoms. The second-order valence-corrected chi connectivity index (χ2v) is 10.6. The van der Waals surface area contributed by atoms with Crippen LogP contribution in [0.25, 0.3) is 0 Å². The molecule has 0 radical (unpaired) electrons. The Bertz CT molecular complexity index is 1250. The highest BCUT2D eigenvalue weighted by atomic mass is 35.5. The number of rotatable bonds is 6. The molecule has 1 aromatic heterocycles. The Balaban J connectivity index is 1.21. The van der Waals surface area contributed by atoms with E-state index in [1.807, 2.05) is 29.2 Å². The van der Waals surface area contributed by atoms with E-state index in [-0.39, 0.29) is 35.1 Å². The zero-order valence-corrected chi connectivity index (χ0v) is 21.7. The van der Waals surface area contributed by atoms with Crippen molar-refractivity contribution < 1.29 is 27.9 Å². The third kappa shape index (κ3) is 4.70. The quantitative estimate of drug-likeness (QED) is 0.566. The van der Waals surface area contributed by atoms with Gasteiger partial charge in [-0.25, -0.2) is 13.6 Å². The van der Waals surface area contributed by atoms with Crippen molar-refractivity contribution in [2.45, 2.75) is 50.5 Å². The molecule has 3 heterocycles. The molecule has 202 valence electrons. The highest BCUT2D eigenvalue weighted by Crippen LogP contribution is 2.48. The number of carbonyl (C=O) groups excluding carboxylic acids is 3. The monoisotopic (exact) mass is 546 g/mol. The first-order chi connectivity index (χ1) is 18.2. The fraction of sp³-hybridized carbons (Fsp3) is 0.481. The Kier molecular flexibility index (Phi) is 7.26. The Morgan fingerprint density at radius 2 is 1.92 bits per heavy atom. The number of benzene rings is 1. The van der Waals surface area contributed by atoms with Crippen LogP contribution in [0.15, 0.2) is 36.5 Å². The molecule has 0 atom stereocenters. The zero-order valence-electron chi connectivity index (χ0n) is 21.0. The predicted octanol–water partition coefficient (Wildman–Crippen LogP) is 4.72. The van der Waals surface area contributed by atoms with Crippen molar-refractivity contribution in [3.63, 3.8) is 0 Å². The van der Waals surface area contributed by atoms with Gasteiger partial charge in [0.15, 0.2) is 0 Å². The number of fused-ring (bicyclic) bond motifs is 2. The van der Waals surface area contributed by atoms with Gasteiger partial charge in [0, 0.05) is 37.6 Å². The van der Waals surface area contributed by atoms with E-state index in [9.17, 15) is 23.2 Å². The van der Waals surface area contributed by atoms with Gasteiger partial charge in [0.2, 0.25) is 5.91 Å². The molecule has 1 spiro atoms. The minimum atomic E-state index is -2.88. The number of aromatic nitrogens is 1. The number of pyridine rings is 1. The van der Waals surface area contributed by atoms with E-state index in [1.165, 1.54) is 6.07 Å². The highest BCUT2D eigenvalue weighted by molar-refractivity contribution is 6.30. The number of carbonyl (C=O) groups is 3. The summed E-state index contributed by atoms with van der Waals surface area (Å²) in [6.45, 7) is 3.18. The van der Waals surface area contributed by atoms with Crippen molar-refractivity contribution in [1.82, 2.24) is 15.2 Å². The lowest BCUT2D eigenvalue weighted by molar-refractivity contribution is -0.128. The summed E-state index contributed by atoms with van der Waals surface area (Å²) in [5, 5.41) is 2.97. The molecule has 11 heteroatoms. The Morgan fingerprint density at radius 3 is 2.61 bits per heavy atom. The summed E-state index contributed by atoms with van der Waals surface area (Å²) in [4.78, 5) is 45.6. The van der Waals surface area contributed by atoms with Gasteiger partial charge < -0.3 is 19.9 Å². The molecule has 1 N–H and O–H groups in total. The van der Waals surface area contributed by atoms with E-state index < -0.39 is 29.5 Å². The summed E-state index contributed by atoms with van der Waals surface area (Å²) in [6.07, 6.45) is 0.692. The first-order valence-electron chi connectivity index (χ1n) is 12.8. The molecule has 1 saturated carbocycles. The average Bonchev–Trinajstić information content (AvgIpc) is 3.12. The van der Waals surface area contributed by atoms with Crippen LogP contribution in [0.4, 0.5) is 19.3 Å². The minimum Gasteiger partial charge on any atom is -0.450 e. The Labute approximate surface area is 224 Å². The first kappa shape index (κ1) is 26.3. The number of ether oxygens (including phenoxy) is 1. The van der Waals surface area contributed by atoms with Crippen LogP contribution in [0.1, 0.15) is 60.6 Å². The van der Waals surface area contributed by atoms with Crippen LogP contribution in [-0.2, 0) is 14.9 Å². The van der Waals surface area contributed by atoms with E-state index in [0.717, 1.165) is 30.3 Å². The number of nitrogens with one attached hydrogen (secondary N) is 1. The number of hydrogen-bond donors (Lipinski definition) is 1. The molecular formula is C27H29ClF2N4O4. The summed E-state index contributed by atoms with van der Waals surface area (Å²) in [6, 6.07) is 8.77. The number of nitrogens with zero attached hydrogens (tertiary/aromatic N) is 3. The van der Waals surface area contributed by atoms with Crippen LogP contribution < -0.4 is 10.2 Å². The van der Waals surface area contributed by atoms with Gasteiger partial charge in [-0.1, -0.05) is 29.8 Å². The van der Waals surface area contributed by atoms with Gasteiger partial charge in [0.1, 0.15) is 11.1 Å². The van der Waals surface area contributed by atoms with E-state index in [2.05, 4.69) is 10.3 Å². The topological polar surface area (TPSA) is 91.8 Å². The van der Waals surface area contributed by atoms with Crippen molar-refractivity contribution in [1.29, 1.82) is 0 Å². The maximum Gasteiger partial charge on any atom is 0.409 e. The third-order valence-corrected chi connectivity index (χ3v) is 7.98. The molecule has 2 fully saturated rings. The fourth-order valence-electron chi connectivity index (χ4n) is 5.85. The molecule has 1 aromatic carbocycles. The lowest BCUT2D eigenvalue weighted by Gasteiger charge is -2.46. The lowest BCUT2D eigenvalue weighted by atomic mass is 9.75. The largest absolute Gasteiger partial charge is 0.450 e. The van der Waals surface area contributed by atoms with Crippen molar-refractivity contribution in [2.75, 3.05) is 31.1 Å². The van der Waals surface area contributed by atoms with Crippen LogP contribution in [0.3, 0.4) is 0 Å². The smallest absolute Gasteiger partial charge is 0.409 e. The van der Waals surface area contributed by atoms with Gasteiger partial charge >= 0.3 is 6.09 Å². The van der Waals surface area contributed by atoms with Crippen LogP contribution in [0.5, 0.6) is 0 Å². The molecular weight excluding hydrogens is 518 g/mol. The maximum atomic E-state index is 13.7. The van der Waals surface area contributed by atoms with Gasteiger partial charge in [-0.3, -0.25) is 14.6 Å². The van der Waals surface area contributed by atoms with E-state index in [1.54, 1.807) is 11.8 Å². The standard InChI is InChI=1S/C27H29ClF2N4O4/c1-2-38-26(37)33-14-27(15-33)20-5-3-4-6-21(20)34(25(27)36)13-16-7-9-18(10-8-16)32-24(35)19-11-17(28)12-31-22(19)23(29)30/h3-6,11-12,16,18,23H,2,7-10,13-15H2,1H3,(H,32,35)/t16-,18-. The van der Waals surface area contributed by atoms with E-state index >= 15 is 0 Å². The SMILES string of the molecule is CCOC(=O)N1CC2(C1)C(=O)N(C[C@H]1CC[C@H](NC(=O)c3cc(Cl)cnc3C(F)F)CC1)c1ccccc12. The molecule has 8 nitrogen and oxygen atoms in total. The molecule has 1 saturated heterocycles. The van der Waals surface area contributed by atoms with Crippen molar-refractivity contribution in [3.05, 3.63) is 58.4 Å². The normalized spacial score (nSPS) is 21.9. The molecule has 3 aliphatic rings. The molecule has 0 unspecified atom stereocenters. The molecule has 1 aliphatic carbocycles. The maximum absolute atomic E-state index is 13.7. The van der Waals surface area contributed by atoms with Crippen LogP contribution in [0.2, 0.25) is 5.02 Å². The van der Waals surface area contributed by atoms with Crippen molar-refractivity contribution in [2.24, 2.45) is 5.92 Å². The summed E-state index contributed by atoms with van der Waals surface area (Å²) in [5.74, 6) is -0.385. The number of para-hydroxylation sites is 1. The average molecular weight is 547 g/mol. The van der Waals surface area contributed by atoms with E-state index in [0.29, 0.717) is 32.5 Å². The molecule has 2 aliphatic heterocycles. The second-order valence-electron chi connectivity index (χ2n) is 10.1.